The lowest BCUT2D eigenvalue weighted by atomic mass is 9.80. The van der Waals surface area contributed by atoms with E-state index in [2.05, 4.69) is 0 Å². The van der Waals surface area contributed by atoms with E-state index in [1.807, 2.05) is 6.07 Å². The second kappa shape index (κ2) is 4.61. The Labute approximate surface area is 93.7 Å². The molecule has 3 heteroatoms. The van der Waals surface area contributed by atoms with Gasteiger partial charge in [-0.05, 0) is 30.9 Å². The average Bonchev–Trinajstić information content (AvgIpc) is 2.33. The summed E-state index contributed by atoms with van der Waals surface area (Å²) in [7, 11) is 0. The number of hydrogen-bond acceptors (Lipinski definition) is 1. The number of nitrogens with zero attached hydrogens (tertiary/aromatic N) is 1. The molecule has 0 saturated heterocycles. The van der Waals surface area contributed by atoms with Gasteiger partial charge in [0.2, 0.25) is 0 Å². The molecule has 16 heavy (non-hydrogen) atoms. The highest BCUT2D eigenvalue weighted by Crippen LogP contribution is 2.37. The Morgan fingerprint density at radius 1 is 1.19 bits per heavy atom. The Kier molecular flexibility index (Phi) is 3.19. The van der Waals surface area contributed by atoms with E-state index in [9.17, 15) is 8.78 Å². The van der Waals surface area contributed by atoms with Crippen molar-refractivity contribution in [1.82, 2.24) is 0 Å². The van der Waals surface area contributed by atoms with Gasteiger partial charge in [0.1, 0.15) is 12.3 Å². The zero-order valence-electron chi connectivity index (χ0n) is 8.87. The molecule has 1 nitrogen and oxygen atoms in total. The maximum atomic E-state index is 13.8. The molecule has 1 fully saturated rings. The van der Waals surface area contributed by atoms with E-state index < -0.39 is 18.3 Å². The minimum absolute atomic E-state index is 0.298. The van der Waals surface area contributed by atoms with E-state index in [0.717, 1.165) is 0 Å². The topological polar surface area (TPSA) is 23.8 Å². The largest absolute Gasteiger partial charge is 0.244 e. The highest BCUT2D eigenvalue weighted by atomic mass is 19.2. The number of rotatable bonds is 1. The molecule has 0 heterocycles. The summed E-state index contributed by atoms with van der Waals surface area (Å²) in [5.41, 5.74) is 1.11. The van der Waals surface area contributed by atoms with Gasteiger partial charge in [-0.1, -0.05) is 18.2 Å². The van der Waals surface area contributed by atoms with Gasteiger partial charge >= 0.3 is 0 Å². The van der Waals surface area contributed by atoms with Crippen molar-refractivity contribution in [2.75, 3.05) is 0 Å². The third-order valence-electron chi connectivity index (χ3n) is 3.21. The monoisotopic (exact) mass is 221 g/mol. The van der Waals surface area contributed by atoms with Crippen molar-refractivity contribution in [3.63, 3.8) is 0 Å². The van der Waals surface area contributed by atoms with E-state index in [-0.39, 0.29) is 0 Å². The molecule has 1 aromatic carbocycles. The van der Waals surface area contributed by atoms with Crippen LogP contribution in [0.25, 0.3) is 0 Å². The van der Waals surface area contributed by atoms with Crippen molar-refractivity contribution in [2.24, 2.45) is 0 Å². The second-order valence-corrected chi connectivity index (χ2v) is 4.20. The Balaban J connectivity index is 2.33. The molecule has 1 aromatic rings. The van der Waals surface area contributed by atoms with Crippen molar-refractivity contribution < 1.29 is 8.78 Å². The first-order valence-electron chi connectivity index (χ1n) is 5.51. The van der Waals surface area contributed by atoms with Gasteiger partial charge in [0.25, 0.3) is 0 Å². The molecule has 0 spiro atoms. The molecule has 1 saturated carbocycles. The van der Waals surface area contributed by atoms with Crippen LogP contribution in [0.5, 0.6) is 0 Å². The number of alkyl halides is 2. The van der Waals surface area contributed by atoms with Crippen LogP contribution in [0, 0.1) is 11.3 Å². The maximum Gasteiger partial charge on any atom is 0.138 e. The van der Waals surface area contributed by atoms with Crippen LogP contribution in [0.2, 0.25) is 0 Å². The normalized spacial score (nSPS) is 29.7. The maximum absolute atomic E-state index is 13.8. The van der Waals surface area contributed by atoms with Gasteiger partial charge in [-0.25, -0.2) is 8.78 Å². The Morgan fingerprint density at radius 3 is 2.69 bits per heavy atom. The molecule has 2 rings (SSSR count). The summed E-state index contributed by atoms with van der Waals surface area (Å²) in [6.07, 6.45) is -1.24. The minimum atomic E-state index is -1.47. The highest BCUT2D eigenvalue weighted by molar-refractivity contribution is 5.40. The van der Waals surface area contributed by atoms with Gasteiger partial charge in [-0.3, -0.25) is 0 Å². The van der Waals surface area contributed by atoms with Crippen LogP contribution in [0.4, 0.5) is 8.78 Å². The fraction of sp³-hybridized carbons (Fsp3) is 0.462. The van der Waals surface area contributed by atoms with E-state index in [4.69, 9.17) is 5.26 Å². The summed E-state index contributed by atoms with van der Waals surface area (Å²) < 4.78 is 27.0. The zero-order valence-corrected chi connectivity index (χ0v) is 8.87. The molecule has 0 radical (unpaired) electrons. The molecule has 3 unspecified atom stereocenters. The summed E-state index contributed by atoms with van der Waals surface area (Å²) >= 11 is 0. The van der Waals surface area contributed by atoms with Crippen LogP contribution in [0.3, 0.4) is 0 Å². The third-order valence-corrected chi connectivity index (χ3v) is 3.21. The molecular formula is C13H13F2N. The van der Waals surface area contributed by atoms with Crippen LogP contribution in [0.1, 0.15) is 36.3 Å². The Morgan fingerprint density at radius 2 is 1.94 bits per heavy atom. The van der Waals surface area contributed by atoms with Crippen molar-refractivity contribution >= 4 is 0 Å². The summed E-state index contributed by atoms with van der Waals surface area (Å²) in [4.78, 5) is 0. The quantitative estimate of drug-likeness (QED) is 0.712. The van der Waals surface area contributed by atoms with Crippen LogP contribution in [-0.2, 0) is 0 Å². The van der Waals surface area contributed by atoms with E-state index in [0.29, 0.717) is 30.4 Å². The molecule has 0 aliphatic heterocycles. The number of nitriles is 1. The summed E-state index contributed by atoms with van der Waals surface area (Å²) in [6, 6.07) is 8.94. The fourth-order valence-corrected chi connectivity index (χ4v) is 2.35. The van der Waals surface area contributed by atoms with Crippen molar-refractivity contribution in [3.05, 3.63) is 35.4 Å². The lowest BCUT2D eigenvalue weighted by Crippen LogP contribution is -2.30. The molecule has 0 aromatic heterocycles. The van der Waals surface area contributed by atoms with Crippen LogP contribution < -0.4 is 0 Å². The van der Waals surface area contributed by atoms with Gasteiger partial charge in [-0.2, -0.15) is 5.26 Å². The molecule has 3 atom stereocenters. The van der Waals surface area contributed by atoms with Crippen LogP contribution in [0.15, 0.2) is 24.3 Å². The Hall–Kier alpha value is -1.43. The first-order valence-corrected chi connectivity index (χ1v) is 5.51. The summed E-state index contributed by atoms with van der Waals surface area (Å²) in [5.74, 6) is -0.459. The standard InChI is InChI=1S/C13H13F2N/c14-12-7-3-6-11(13(12)15)10-5-2-1-4-9(10)8-16/h1-2,4-5,11-13H,3,6-7H2. The first-order chi connectivity index (χ1) is 7.74. The van der Waals surface area contributed by atoms with Gasteiger partial charge in [-0.15, -0.1) is 0 Å². The van der Waals surface area contributed by atoms with Crippen LogP contribution >= 0.6 is 0 Å². The number of hydrogen-bond donors (Lipinski definition) is 0. The average molecular weight is 221 g/mol. The third kappa shape index (κ3) is 1.92. The molecule has 84 valence electrons. The molecule has 1 aliphatic rings. The lowest BCUT2D eigenvalue weighted by molar-refractivity contribution is 0.0987. The fourth-order valence-electron chi connectivity index (χ4n) is 2.35. The summed E-state index contributed by atoms with van der Waals surface area (Å²) in [6.45, 7) is 0. The van der Waals surface area contributed by atoms with Crippen molar-refractivity contribution in [2.45, 2.75) is 37.5 Å². The number of benzene rings is 1. The molecule has 0 bridgehead atoms. The van der Waals surface area contributed by atoms with Gasteiger partial charge in [0.05, 0.1) is 11.6 Å². The molecular weight excluding hydrogens is 208 g/mol. The predicted molar refractivity (Wildman–Crippen MR) is 57.5 cm³/mol. The van der Waals surface area contributed by atoms with E-state index >= 15 is 0 Å². The highest BCUT2D eigenvalue weighted by Gasteiger charge is 2.35. The molecule has 0 amide bonds. The van der Waals surface area contributed by atoms with Crippen molar-refractivity contribution in [1.29, 1.82) is 5.26 Å². The molecule has 1 aliphatic carbocycles. The summed E-state index contributed by atoms with van der Waals surface area (Å²) in [5, 5.41) is 8.94. The number of halogens is 2. The second-order valence-electron chi connectivity index (χ2n) is 4.20. The minimum Gasteiger partial charge on any atom is -0.244 e. The Bertz CT molecular complexity index is 411. The smallest absolute Gasteiger partial charge is 0.138 e. The molecule has 0 N–H and O–H groups in total. The predicted octanol–water partition coefficient (Wildman–Crippen LogP) is 3.50. The van der Waals surface area contributed by atoms with E-state index in [1.54, 1.807) is 24.3 Å². The van der Waals surface area contributed by atoms with Gasteiger partial charge in [0.15, 0.2) is 0 Å². The van der Waals surface area contributed by atoms with Crippen LogP contribution in [-0.4, -0.2) is 12.3 Å². The first kappa shape index (κ1) is 11.1. The van der Waals surface area contributed by atoms with Gasteiger partial charge < -0.3 is 0 Å². The zero-order chi connectivity index (χ0) is 11.5. The lowest BCUT2D eigenvalue weighted by Gasteiger charge is -2.29. The SMILES string of the molecule is N#Cc1ccccc1C1CCCC(F)C1F. The van der Waals surface area contributed by atoms with Gasteiger partial charge in [0, 0.05) is 5.92 Å². The van der Waals surface area contributed by atoms with E-state index in [1.165, 1.54) is 0 Å². The van der Waals surface area contributed by atoms with Crippen molar-refractivity contribution in [3.8, 4) is 6.07 Å².